The van der Waals surface area contributed by atoms with Gasteiger partial charge >= 0.3 is 0 Å². The van der Waals surface area contributed by atoms with Gasteiger partial charge in [-0.3, -0.25) is 19.3 Å². The van der Waals surface area contributed by atoms with Crippen molar-refractivity contribution in [3.63, 3.8) is 0 Å². The highest BCUT2D eigenvalue weighted by Gasteiger charge is 2.66. The lowest BCUT2D eigenvalue weighted by molar-refractivity contribution is -0.149. The van der Waals surface area contributed by atoms with Gasteiger partial charge in [0.1, 0.15) is 5.75 Å². The molecule has 2 fully saturated rings. The molecule has 0 unspecified atom stereocenters. The predicted molar refractivity (Wildman–Crippen MR) is 153 cm³/mol. The minimum Gasteiger partial charge on any atom is -0.482 e. The number of ether oxygens (including phenoxy) is 2. The number of nitrogens with zero attached hydrogens (tertiary/aromatic N) is 3. The summed E-state index contributed by atoms with van der Waals surface area (Å²) in [6.07, 6.45) is 0.665. The monoisotopic (exact) mass is 581 g/mol. The zero-order valence-electron chi connectivity index (χ0n) is 23.8. The van der Waals surface area contributed by atoms with E-state index in [4.69, 9.17) is 9.47 Å². The molecule has 9 nitrogen and oxygen atoms in total. The molecule has 0 radical (unpaired) electrons. The van der Waals surface area contributed by atoms with Gasteiger partial charge in [0.05, 0.1) is 36.5 Å². The van der Waals surface area contributed by atoms with E-state index in [9.17, 15) is 19.5 Å². The first-order chi connectivity index (χ1) is 19.5. The van der Waals surface area contributed by atoms with Gasteiger partial charge in [0.25, 0.3) is 11.8 Å². The third-order valence-electron chi connectivity index (χ3n) is 9.32. The minimum atomic E-state index is -3.45. The molecule has 4 aliphatic heterocycles. The molecule has 5 atom stereocenters. The number of hydrogen-bond donors (Lipinski definition) is 1. The molecule has 11 heteroatoms. The Labute approximate surface area is 240 Å². The number of likely N-dealkylation sites (N-methyl/N-ethyl adjacent to an activating group) is 1. The summed E-state index contributed by atoms with van der Waals surface area (Å²) in [5, 5.41) is 9.76. The van der Waals surface area contributed by atoms with Crippen LogP contribution in [0, 0.1) is 5.92 Å². The Kier molecular flexibility index (Phi) is 6.74. The fourth-order valence-electron chi connectivity index (χ4n) is 7.51. The molecule has 1 N–H and O–H groups in total. The van der Waals surface area contributed by atoms with Crippen LogP contribution in [0.5, 0.6) is 5.75 Å². The van der Waals surface area contributed by atoms with Crippen LogP contribution in [0.3, 0.4) is 0 Å². The Hall–Kier alpha value is -3.28. The number of fused-ring (bicyclic) bond motifs is 3. The molecule has 41 heavy (non-hydrogen) atoms. The summed E-state index contributed by atoms with van der Waals surface area (Å²) in [5.74, 6) is -0.731. The van der Waals surface area contributed by atoms with Crippen molar-refractivity contribution in [2.24, 2.45) is 5.92 Å². The summed E-state index contributed by atoms with van der Waals surface area (Å²) >= 11 is 0. The first kappa shape index (κ1) is 27.9. The Bertz CT molecular complexity index is 1410. The maximum Gasteiger partial charge on any atom is 0.269 e. The molecule has 0 aliphatic carbocycles. The number of hydrogen-bond acceptors (Lipinski definition) is 6. The van der Waals surface area contributed by atoms with E-state index in [-0.39, 0.29) is 43.4 Å². The lowest BCUT2D eigenvalue weighted by Crippen LogP contribution is -2.44. The van der Waals surface area contributed by atoms with E-state index >= 15 is 4.11 Å². The Morgan fingerprint density at radius 2 is 1.93 bits per heavy atom. The van der Waals surface area contributed by atoms with Crippen molar-refractivity contribution in [2.75, 3.05) is 36.6 Å². The number of rotatable bonds is 5. The maximum absolute atomic E-state index is 16.1. The van der Waals surface area contributed by atoms with E-state index in [0.717, 1.165) is 12.8 Å². The number of carbonyl (C=O) groups is 3. The normalized spacial score (nSPS) is 29.3. The molecule has 4 heterocycles. The molecule has 2 aromatic carbocycles. The Balaban J connectivity index is 1.42. The average molecular weight is 582 g/mol. The number of anilines is 3. The second kappa shape index (κ2) is 9.92. The van der Waals surface area contributed by atoms with E-state index in [1.165, 1.54) is 4.90 Å². The molecule has 0 bridgehead atoms. The van der Waals surface area contributed by atoms with Crippen LogP contribution in [0.2, 0.25) is 18.6 Å². The Morgan fingerprint density at radius 1 is 1.17 bits per heavy atom. The van der Waals surface area contributed by atoms with E-state index in [0.29, 0.717) is 34.9 Å². The molecule has 4 aliphatic rings. The molecule has 218 valence electrons. The maximum atomic E-state index is 16.1. The number of likely N-dealkylation sites (tertiary alicyclic amines) is 1. The van der Waals surface area contributed by atoms with Crippen LogP contribution < -0.4 is 14.5 Å². The quantitative estimate of drug-likeness (QED) is 0.425. The van der Waals surface area contributed by atoms with Crippen molar-refractivity contribution >= 4 is 43.2 Å². The summed E-state index contributed by atoms with van der Waals surface area (Å²) in [5.41, 5.74) is 0.224. The average Bonchev–Trinajstić information content (AvgIpc) is 3.59. The van der Waals surface area contributed by atoms with Gasteiger partial charge in [-0.15, -0.1) is 0 Å². The van der Waals surface area contributed by atoms with Crippen LogP contribution in [0.4, 0.5) is 21.2 Å². The van der Waals surface area contributed by atoms with Gasteiger partial charge < -0.3 is 28.5 Å². The van der Waals surface area contributed by atoms with Gasteiger partial charge in [-0.05, 0) is 56.3 Å². The van der Waals surface area contributed by atoms with Crippen molar-refractivity contribution in [1.29, 1.82) is 0 Å². The number of halogens is 1. The van der Waals surface area contributed by atoms with Gasteiger partial charge in [0.15, 0.2) is 12.2 Å². The smallest absolute Gasteiger partial charge is 0.269 e. The fraction of sp³-hybridized carbons (Fsp3) is 0.500. The van der Waals surface area contributed by atoms with E-state index in [2.05, 4.69) is 0 Å². The third kappa shape index (κ3) is 4.19. The summed E-state index contributed by atoms with van der Waals surface area (Å²) in [6.45, 7) is 5.35. The van der Waals surface area contributed by atoms with Crippen LogP contribution in [0.15, 0.2) is 42.5 Å². The van der Waals surface area contributed by atoms with Gasteiger partial charge in [-0.1, -0.05) is 19.1 Å². The van der Waals surface area contributed by atoms with E-state index in [1.807, 2.05) is 19.1 Å². The second-order valence-corrected chi connectivity index (χ2v) is 15.9. The van der Waals surface area contributed by atoms with Gasteiger partial charge in [0, 0.05) is 36.3 Å². The summed E-state index contributed by atoms with van der Waals surface area (Å²) in [6, 6.07) is 12.4. The van der Waals surface area contributed by atoms with Crippen LogP contribution >= 0.6 is 0 Å². The van der Waals surface area contributed by atoms with Crippen molar-refractivity contribution in [3.05, 3.63) is 48.0 Å². The predicted octanol–water partition coefficient (Wildman–Crippen LogP) is 3.87. The van der Waals surface area contributed by atoms with E-state index < -0.39 is 31.6 Å². The topological polar surface area (TPSA) is 99.6 Å². The molecular formula is C30H36FN3O6Si. The minimum absolute atomic E-state index is 0.0606. The van der Waals surface area contributed by atoms with Crippen LogP contribution in [0.1, 0.15) is 31.7 Å². The molecule has 0 aromatic heterocycles. The molecule has 2 saturated heterocycles. The van der Waals surface area contributed by atoms with Crippen LogP contribution in [0.25, 0.3) is 0 Å². The van der Waals surface area contributed by atoms with Gasteiger partial charge in [-0.25, -0.2) is 0 Å². The Morgan fingerprint density at radius 3 is 2.66 bits per heavy atom. The first-order valence-electron chi connectivity index (χ1n) is 14.2. The lowest BCUT2D eigenvalue weighted by Gasteiger charge is -2.32. The number of aliphatic hydroxyl groups excluding tert-OH is 1. The second-order valence-electron chi connectivity index (χ2n) is 12.1. The molecule has 6 rings (SSSR count). The third-order valence-corrected chi connectivity index (χ3v) is 11.8. The van der Waals surface area contributed by atoms with Crippen molar-refractivity contribution in [1.82, 2.24) is 4.90 Å². The summed E-state index contributed by atoms with van der Waals surface area (Å²) in [4.78, 5) is 45.4. The highest BCUT2D eigenvalue weighted by Crippen LogP contribution is 2.60. The number of carbonyl (C=O) groups excluding carboxylic acids is 3. The van der Waals surface area contributed by atoms with E-state index in [1.54, 1.807) is 60.3 Å². The van der Waals surface area contributed by atoms with Crippen molar-refractivity contribution < 1.29 is 33.1 Å². The van der Waals surface area contributed by atoms with Crippen molar-refractivity contribution in [2.45, 2.75) is 62.6 Å². The first-order valence-corrected chi connectivity index (χ1v) is 17.2. The molecule has 1 spiro atoms. The molecule has 3 amide bonds. The molecular weight excluding hydrogens is 545 g/mol. The highest BCUT2D eigenvalue weighted by molar-refractivity contribution is 6.72. The standard InChI is InChI=1S/C30H36FN3O6Si/c1-18-28(41(3,4)31)25(15-26(36)33-13-7-8-20(33)16-35)40-30(18)21-14-19(11-12-22(21)32(2)29(30)38)34-23-9-5-6-10-24(23)39-17-27(34)37/h5-6,9-12,14,18,20,25,28,35H,7-8,13,15-17H2,1-4H3/t18-,20-,25+,28-,30+/m0/s1. The fourth-order valence-corrected chi connectivity index (χ4v) is 10.0. The SMILES string of the molecule is C[C@H]1[C@H]([Si](C)(C)F)[C@@H](CC(=O)N2CCC[C@H]2CO)O[C@]12C(=O)N(C)c1ccc(N3C(=O)COc4ccccc43)cc12. The number of aliphatic hydroxyl groups is 1. The number of para-hydroxylation sites is 2. The zero-order chi connectivity index (χ0) is 29.3. The number of benzene rings is 2. The summed E-state index contributed by atoms with van der Waals surface area (Å²) < 4.78 is 28.4. The summed E-state index contributed by atoms with van der Waals surface area (Å²) in [7, 11) is -1.78. The number of amides is 3. The van der Waals surface area contributed by atoms with Crippen molar-refractivity contribution in [3.8, 4) is 5.75 Å². The zero-order valence-corrected chi connectivity index (χ0v) is 24.8. The van der Waals surface area contributed by atoms with Gasteiger partial charge in [-0.2, -0.15) is 0 Å². The largest absolute Gasteiger partial charge is 0.482 e. The van der Waals surface area contributed by atoms with Gasteiger partial charge in [0.2, 0.25) is 14.3 Å². The van der Waals surface area contributed by atoms with Crippen LogP contribution in [-0.4, -0.2) is 75.1 Å². The molecule has 2 aromatic rings. The highest BCUT2D eigenvalue weighted by atomic mass is 28.4. The molecule has 0 saturated carbocycles. The lowest BCUT2D eigenvalue weighted by atomic mass is 9.82. The van der Waals surface area contributed by atoms with Crippen LogP contribution in [-0.2, 0) is 24.7 Å².